The fourth-order valence-electron chi connectivity index (χ4n) is 2.56. The van der Waals surface area contributed by atoms with Gasteiger partial charge >= 0.3 is 5.69 Å². The van der Waals surface area contributed by atoms with Crippen molar-refractivity contribution in [1.29, 1.82) is 0 Å². The number of aromatic nitrogens is 4. The summed E-state index contributed by atoms with van der Waals surface area (Å²) in [6.45, 7) is 0.229. The maximum Gasteiger partial charge on any atom is 0.348 e. The van der Waals surface area contributed by atoms with Crippen molar-refractivity contribution in [2.75, 3.05) is 0 Å². The van der Waals surface area contributed by atoms with E-state index < -0.39 is 0 Å². The number of rotatable bonds is 1. The molecule has 1 aliphatic rings. The van der Waals surface area contributed by atoms with Crippen LogP contribution in [0.4, 0.5) is 0 Å². The molecule has 0 fully saturated rings. The molecule has 0 unspecified atom stereocenters. The zero-order valence-corrected chi connectivity index (χ0v) is 13.1. The quantitative estimate of drug-likeness (QED) is 0.688. The second kappa shape index (κ2) is 5.33. The van der Waals surface area contributed by atoms with Crippen molar-refractivity contribution in [2.45, 2.75) is 6.54 Å². The van der Waals surface area contributed by atoms with Gasteiger partial charge in [0.1, 0.15) is 17.4 Å². The summed E-state index contributed by atoms with van der Waals surface area (Å²) in [4.78, 5) is 21.0. The lowest BCUT2D eigenvalue weighted by molar-refractivity contribution is 0.861. The van der Waals surface area contributed by atoms with E-state index in [4.69, 9.17) is 23.2 Å². The van der Waals surface area contributed by atoms with Gasteiger partial charge in [0.05, 0.1) is 16.4 Å². The van der Waals surface area contributed by atoms with E-state index in [9.17, 15) is 4.79 Å². The van der Waals surface area contributed by atoms with Gasteiger partial charge < -0.3 is 0 Å². The van der Waals surface area contributed by atoms with Crippen molar-refractivity contribution < 1.29 is 0 Å². The topological polar surface area (TPSA) is 75.9 Å². The third kappa shape index (κ3) is 2.27. The molecule has 6 nitrogen and oxygen atoms in total. The van der Waals surface area contributed by atoms with Gasteiger partial charge in [0.25, 0.3) is 0 Å². The standard InChI is InChI=1S/C15H9Cl2N5O/c16-9-4-2-1-3-8(9)13-14-10(5-6-11(17)19-14)22-12(7-18-13)20-21-15(22)23/h1-6H,7H2,(H,21,23). The maximum absolute atomic E-state index is 12.1. The Morgan fingerprint density at radius 3 is 2.78 bits per heavy atom. The lowest BCUT2D eigenvalue weighted by Gasteiger charge is -2.11. The Morgan fingerprint density at radius 1 is 1.13 bits per heavy atom. The highest BCUT2D eigenvalue weighted by molar-refractivity contribution is 6.35. The molecule has 1 aromatic carbocycles. The highest BCUT2D eigenvalue weighted by Crippen LogP contribution is 2.26. The van der Waals surface area contributed by atoms with Crippen LogP contribution in [0.2, 0.25) is 10.2 Å². The van der Waals surface area contributed by atoms with Gasteiger partial charge in [-0.2, -0.15) is 5.10 Å². The van der Waals surface area contributed by atoms with Gasteiger partial charge in [-0.25, -0.2) is 19.4 Å². The van der Waals surface area contributed by atoms with Gasteiger partial charge in [-0.05, 0) is 18.2 Å². The van der Waals surface area contributed by atoms with Crippen molar-refractivity contribution in [1.82, 2.24) is 19.7 Å². The molecular formula is C15H9Cl2N5O. The lowest BCUT2D eigenvalue weighted by Crippen LogP contribution is -2.19. The van der Waals surface area contributed by atoms with Gasteiger partial charge in [0, 0.05) is 5.56 Å². The summed E-state index contributed by atoms with van der Waals surface area (Å²) in [5.41, 5.74) is 2.03. The number of aliphatic imine (C=N–C) groups is 1. The largest absolute Gasteiger partial charge is 0.348 e. The summed E-state index contributed by atoms with van der Waals surface area (Å²) >= 11 is 12.4. The van der Waals surface area contributed by atoms with Crippen LogP contribution in [-0.4, -0.2) is 25.5 Å². The van der Waals surface area contributed by atoms with Crippen LogP contribution >= 0.6 is 23.2 Å². The summed E-state index contributed by atoms with van der Waals surface area (Å²) in [7, 11) is 0. The highest BCUT2D eigenvalue weighted by atomic mass is 35.5. The Labute approximate surface area is 140 Å². The lowest BCUT2D eigenvalue weighted by atomic mass is 10.1. The third-order valence-corrected chi connectivity index (χ3v) is 4.09. The molecule has 23 heavy (non-hydrogen) atoms. The van der Waals surface area contributed by atoms with E-state index in [1.165, 1.54) is 4.57 Å². The van der Waals surface area contributed by atoms with Crippen molar-refractivity contribution in [3.63, 3.8) is 0 Å². The smallest absolute Gasteiger partial charge is 0.274 e. The van der Waals surface area contributed by atoms with Gasteiger partial charge in [0.2, 0.25) is 0 Å². The second-order valence-corrected chi connectivity index (χ2v) is 5.72. The van der Waals surface area contributed by atoms with Gasteiger partial charge in [-0.15, -0.1) is 0 Å². The Bertz CT molecular complexity index is 1010. The first kappa shape index (κ1) is 14.2. The predicted molar refractivity (Wildman–Crippen MR) is 87.8 cm³/mol. The van der Waals surface area contributed by atoms with E-state index in [-0.39, 0.29) is 12.2 Å². The van der Waals surface area contributed by atoms with Gasteiger partial charge in [-0.1, -0.05) is 41.4 Å². The Hall–Kier alpha value is -2.44. The molecule has 0 atom stereocenters. The molecule has 1 aliphatic heterocycles. The molecule has 0 amide bonds. The monoisotopic (exact) mass is 345 g/mol. The maximum atomic E-state index is 12.1. The number of nitrogens with one attached hydrogen (secondary N) is 1. The van der Waals surface area contributed by atoms with Crippen LogP contribution in [0.5, 0.6) is 0 Å². The average molecular weight is 346 g/mol. The van der Waals surface area contributed by atoms with Crippen LogP contribution < -0.4 is 5.69 Å². The predicted octanol–water partition coefficient (Wildman–Crippen LogP) is 2.61. The molecule has 2 aromatic heterocycles. The van der Waals surface area contributed by atoms with Crippen molar-refractivity contribution in [3.8, 4) is 5.69 Å². The Balaban J connectivity index is 2.05. The van der Waals surface area contributed by atoms with Crippen LogP contribution in [0.3, 0.4) is 0 Å². The number of hydrogen-bond acceptors (Lipinski definition) is 4. The van der Waals surface area contributed by atoms with E-state index in [1.807, 2.05) is 18.2 Å². The summed E-state index contributed by atoms with van der Waals surface area (Å²) in [6, 6.07) is 10.7. The zero-order chi connectivity index (χ0) is 16.0. The molecule has 0 saturated heterocycles. The van der Waals surface area contributed by atoms with Crippen LogP contribution in [-0.2, 0) is 6.54 Å². The number of H-pyrrole nitrogens is 1. The Kier molecular flexibility index (Phi) is 3.28. The molecule has 8 heteroatoms. The second-order valence-electron chi connectivity index (χ2n) is 4.93. The summed E-state index contributed by atoms with van der Waals surface area (Å²) in [5.74, 6) is 0.502. The summed E-state index contributed by atoms with van der Waals surface area (Å²) < 4.78 is 1.45. The van der Waals surface area contributed by atoms with E-state index in [0.717, 1.165) is 5.56 Å². The van der Waals surface area contributed by atoms with Crippen molar-refractivity contribution in [3.05, 3.63) is 74.1 Å². The van der Waals surface area contributed by atoms with Crippen LogP contribution in [0, 0.1) is 0 Å². The van der Waals surface area contributed by atoms with E-state index in [2.05, 4.69) is 20.2 Å². The molecule has 1 N–H and O–H groups in total. The number of aromatic amines is 1. The minimum atomic E-state index is -0.346. The summed E-state index contributed by atoms with van der Waals surface area (Å²) in [5, 5.41) is 7.30. The average Bonchev–Trinajstić information content (AvgIpc) is 2.82. The molecule has 0 saturated carbocycles. The fourth-order valence-corrected chi connectivity index (χ4v) is 2.93. The number of halogens is 2. The molecule has 114 valence electrons. The van der Waals surface area contributed by atoms with Crippen LogP contribution in [0.1, 0.15) is 17.1 Å². The fraction of sp³-hybridized carbons (Fsp3) is 0.0667. The minimum Gasteiger partial charge on any atom is -0.274 e. The van der Waals surface area contributed by atoms with E-state index in [0.29, 0.717) is 33.1 Å². The molecule has 0 spiro atoms. The zero-order valence-electron chi connectivity index (χ0n) is 11.6. The minimum absolute atomic E-state index is 0.229. The molecule has 3 heterocycles. The normalized spacial score (nSPS) is 13.0. The first-order valence-electron chi connectivity index (χ1n) is 6.78. The van der Waals surface area contributed by atoms with Crippen molar-refractivity contribution >= 4 is 28.9 Å². The molecular weight excluding hydrogens is 337 g/mol. The number of nitrogens with zero attached hydrogens (tertiary/aromatic N) is 4. The third-order valence-electron chi connectivity index (χ3n) is 3.55. The number of hydrogen-bond donors (Lipinski definition) is 1. The van der Waals surface area contributed by atoms with Crippen LogP contribution in [0.15, 0.2) is 46.2 Å². The first-order valence-corrected chi connectivity index (χ1v) is 7.53. The number of pyridine rings is 1. The summed E-state index contributed by atoms with van der Waals surface area (Å²) in [6.07, 6.45) is 0. The SMILES string of the molecule is O=c1[nH]nc2n1-c1ccc(Cl)nc1C(c1ccccc1Cl)=NC2. The molecule has 3 aromatic rings. The molecule has 0 radical (unpaired) electrons. The van der Waals surface area contributed by atoms with E-state index in [1.54, 1.807) is 18.2 Å². The number of fused-ring (bicyclic) bond motifs is 3. The highest BCUT2D eigenvalue weighted by Gasteiger charge is 2.24. The van der Waals surface area contributed by atoms with Gasteiger partial charge in [-0.3, -0.25) is 4.99 Å². The van der Waals surface area contributed by atoms with Crippen molar-refractivity contribution in [2.24, 2.45) is 4.99 Å². The first-order chi connectivity index (χ1) is 11.1. The molecule has 4 rings (SSSR count). The van der Waals surface area contributed by atoms with E-state index >= 15 is 0 Å². The van der Waals surface area contributed by atoms with Gasteiger partial charge in [0.15, 0.2) is 5.82 Å². The van der Waals surface area contributed by atoms with Crippen LogP contribution in [0.25, 0.3) is 5.69 Å². The molecule has 0 aliphatic carbocycles. The molecule has 0 bridgehead atoms. The Morgan fingerprint density at radius 2 is 1.96 bits per heavy atom. The number of benzene rings is 1.